The molecule has 1 aliphatic carbocycles. The standard InChI is InChI=1S/C24H29N9O5/c1-31(16(34)7-12-5-3-2-4-6-12)22-17-23(30-24(29-22)33-10-13(25)9-28-33)32(11-27-17)15-8-14(18(35)20(15)37)19(36)21(26)38/h2-6,9-11,14-16,18-20,34-37H,7-8,25H2,1H3,(H2,26,38)/t14-,15+,16-,18+,19?,20-/m0/s1. The van der Waals surface area contributed by atoms with Gasteiger partial charge in [0.2, 0.25) is 5.91 Å². The first kappa shape index (κ1) is 25.5. The van der Waals surface area contributed by atoms with Gasteiger partial charge in [-0.3, -0.25) is 4.79 Å². The van der Waals surface area contributed by atoms with Crippen molar-refractivity contribution in [3.05, 3.63) is 54.6 Å². The Morgan fingerprint density at radius 3 is 2.58 bits per heavy atom. The van der Waals surface area contributed by atoms with Gasteiger partial charge in [-0.25, -0.2) is 9.67 Å². The molecule has 1 aromatic carbocycles. The molecule has 200 valence electrons. The van der Waals surface area contributed by atoms with E-state index in [2.05, 4.69) is 20.1 Å². The van der Waals surface area contributed by atoms with Crippen molar-refractivity contribution in [1.82, 2.24) is 29.3 Å². The molecule has 14 heteroatoms. The van der Waals surface area contributed by atoms with E-state index in [1.807, 2.05) is 30.3 Å². The number of primary amides is 1. The summed E-state index contributed by atoms with van der Waals surface area (Å²) in [5, 5.41) is 46.8. The molecule has 38 heavy (non-hydrogen) atoms. The molecule has 14 nitrogen and oxygen atoms in total. The number of amides is 1. The summed E-state index contributed by atoms with van der Waals surface area (Å²) >= 11 is 0. The molecule has 0 bridgehead atoms. The van der Waals surface area contributed by atoms with Crippen LogP contribution in [0.1, 0.15) is 18.0 Å². The summed E-state index contributed by atoms with van der Waals surface area (Å²) in [6, 6.07) is 8.69. The number of nitrogens with zero attached hydrogens (tertiary/aromatic N) is 7. The van der Waals surface area contributed by atoms with Crippen molar-refractivity contribution in [2.24, 2.45) is 11.7 Å². The van der Waals surface area contributed by atoms with Crippen molar-refractivity contribution in [3.63, 3.8) is 0 Å². The van der Waals surface area contributed by atoms with Crippen LogP contribution in [0.4, 0.5) is 11.5 Å². The van der Waals surface area contributed by atoms with Crippen LogP contribution in [-0.2, 0) is 11.2 Å². The Labute approximate surface area is 216 Å². The van der Waals surface area contributed by atoms with Crippen molar-refractivity contribution in [3.8, 4) is 5.95 Å². The summed E-state index contributed by atoms with van der Waals surface area (Å²) in [4.78, 5) is 26.8. The van der Waals surface area contributed by atoms with Crippen LogP contribution in [0.5, 0.6) is 0 Å². The first-order chi connectivity index (χ1) is 18.2. The third kappa shape index (κ3) is 4.54. The van der Waals surface area contributed by atoms with Crippen LogP contribution >= 0.6 is 0 Å². The Hall–Kier alpha value is -4.11. The number of benzene rings is 1. The monoisotopic (exact) mass is 523 g/mol. The predicted molar refractivity (Wildman–Crippen MR) is 136 cm³/mol. The van der Waals surface area contributed by atoms with E-state index in [1.54, 1.807) is 16.5 Å². The number of hydrogen-bond donors (Lipinski definition) is 6. The molecule has 3 heterocycles. The molecule has 0 aliphatic heterocycles. The third-order valence-corrected chi connectivity index (χ3v) is 6.99. The number of nitrogens with two attached hydrogens (primary N) is 2. The number of fused-ring (bicyclic) bond motifs is 1. The van der Waals surface area contributed by atoms with Crippen LogP contribution in [0.3, 0.4) is 0 Å². The highest BCUT2D eigenvalue weighted by atomic mass is 16.3. The van der Waals surface area contributed by atoms with Gasteiger partial charge in [0, 0.05) is 19.4 Å². The maximum Gasteiger partial charge on any atom is 0.254 e. The minimum absolute atomic E-state index is 0.0355. The Balaban J connectivity index is 1.58. The summed E-state index contributed by atoms with van der Waals surface area (Å²) in [5.74, 6) is -1.55. The number of likely N-dealkylation sites (N-methyl/N-ethyl adjacent to an activating group) is 1. The zero-order chi connectivity index (χ0) is 27.1. The van der Waals surface area contributed by atoms with Crippen molar-refractivity contribution >= 4 is 28.6 Å². The molecule has 6 atom stereocenters. The number of carbonyl (C=O) groups excluding carboxylic acids is 1. The fourth-order valence-electron chi connectivity index (χ4n) is 4.87. The first-order valence-corrected chi connectivity index (χ1v) is 12.0. The molecule has 0 radical (unpaired) electrons. The minimum Gasteiger partial charge on any atom is -0.396 e. The molecule has 1 amide bonds. The number of aromatic nitrogens is 6. The third-order valence-electron chi connectivity index (χ3n) is 6.99. The lowest BCUT2D eigenvalue weighted by atomic mass is 9.98. The Bertz CT molecular complexity index is 1440. The van der Waals surface area contributed by atoms with Crippen LogP contribution < -0.4 is 16.4 Å². The van der Waals surface area contributed by atoms with Gasteiger partial charge in [0.1, 0.15) is 18.4 Å². The first-order valence-electron chi connectivity index (χ1n) is 12.0. The molecule has 0 saturated heterocycles. The summed E-state index contributed by atoms with van der Waals surface area (Å²) in [6.45, 7) is 0. The summed E-state index contributed by atoms with van der Waals surface area (Å²) in [6.07, 6.45) is -0.596. The second kappa shape index (κ2) is 9.98. The maximum atomic E-state index is 11.6. The van der Waals surface area contributed by atoms with Gasteiger partial charge < -0.3 is 41.4 Å². The highest BCUT2D eigenvalue weighted by Gasteiger charge is 2.47. The second-order valence-corrected chi connectivity index (χ2v) is 9.47. The second-order valence-electron chi connectivity index (χ2n) is 9.47. The lowest BCUT2D eigenvalue weighted by Crippen LogP contribution is -2.41. The number of carbonyl (C=O) groups is 1. The number of rotatable bonds is 8. The van der Waals surface area contributed by atoms with Gasteiger partial charge in [0.15, 0.2) is 17.0 Å². The lowest BCUT2D eigenvalue weighted by molar-refractivity contribution is -0.131. The zero-order valence-electron chi connectivity index (χ0n) is 20.5. The summed E-state index contributed by atoms with van der Waals surface area (Å²) in [7, 11) is 1.67. The number of imidazole rings is 1. The normalized spacial score (nSPS) is 23.0. The molecule has 8 N–H and O–H groups in total. The van der Waals surface area contributed by atoms with Gasteiger partial charge in [-0.15, -0.1) is 0 Å². The van der Waals surface area contributed by atoms with Crippen LogP contribution in [0, 0.1) is 5.92 Å². The Morgan fingerprint density at radius 1 is 1.18 bits per heavy atom. The van der Waals surface area contributed by atoms with E-state index in [1.165, 1.54) is 23.4 Å². The van der Waals surface area contributed by atoms with Crippen molar-refractivity contribution in [2.75, 3.05) is 17.7 Å². The fourth-order valence-corrected chi connectivity index (χ4v) is 4.87. The molecule has 4 aromatic rings. The van der Waals surface area contributed by atoms with E-state index in [9.17, 15) is 25.2 Å². The quantitative estimate of drug-likeness (QED) is 0.150. The van der Waals surface area contributed by atoms with E-state index < -0.39 is 42.4 Å². The average Bonchev–Trinajstić information content (AvgIpc) is 3.61. The van der Waals surface area contributed by atoms with Gasteiger partial charge in [-0.1, -0.05) is 30.3 Å². The molecule has 0 spiro atoms. The highest BCUT2D eigenvalue weighted by Crippen LogP contribution is 2.39. The van der Waals surface area contributed by atoms with Gasteiger partial charge in [0.05, 0.1) is 36.6 Å². The van der Waals surface area contributed by atoms with E-state index in [4.69, 9.17) is 11.5 Å². The molecular formula is C24H29N9O5. The fraction of sp³-hybridized carbons (Fsp3) is 0.375. The van der Waals surface area contributed by atoms with Gasteiger partial charge in [-0.05, 0) is 12.0 Å². The van der Waals surface area contributed by atoms with E-state index >= 15 is 0 Å². The predicted octanol–water partition coefficient (Wildman–Crippen LogP) is -1.28. The van der Waals surface area contributed by atoms with Crippen molar-refractivity contribution in [2.45, 2.75) is 43.4 Å². The zero-order valence-corrected chi connectivity index (χ0v) is 20.5. The molecule has 5 rings (SSSR count). The SMILES string of the molecule is CN(c1nc(-n2cc(N)cn2)nc2c1ncn2[C@@H]1C[C@H](C(O)C(N)=O)[C@@H](O)[C@H]1O)[C@@H](O)Cc1ccccc1. The van der Waals surface area contributed by atoms with E-state index in [-0.39, 0.29) is 18.0 Å². The van der Waals surface area contributed by atoms with Crippen LogP contribution in [0.15, 0.2) is 49.1 Å². The molecular weight excluding hydrogens is 494 g/mol. The van der Waals surface area contributed by atoms with Gasteiger partial charge in [0.25, 0.3) is 5.95 Å². The van der Waals surface area contributed by atoms with Crippen molar-refractivity contribution in [1.29, 1.82) is 0 Å². The van der Waals surface area contributed by atoms with Crippen LogP contribution in [0.2, 0.25) is 0 Å². The van der Waals surface area contributed by atoms with Gasteiger partial charge in [-0.2, -0.15) is 15.1 Å². The molecule has 1 fully saturated rings. The largest absolute Gasteiger partial charge is 0.396 e. The Morgan fingerprint density at radius 2 is 1.92 bits per heavy atom. The number of aliphatic hydroxyl groups excluding tert-OH is 4. The van der Waals surface area contributed by atoms with Gasteiger partial charge >= 0.3 is 0 Å². The number of nitrogen functional groups attached to an aromatic ring is 1. The smallest absolute Gasteiger partial charge is 0.254 e. The molecule has 1 unspecified atom stereocenters. The summed E-state index contributed by atoms with van der Waals surface area (Å²) < 4.78 is 2.92. The number of aliphatic hydroxyl groups is 4. The number of anilines is 2. The Kier molecular flexibility index (Phi) is 6.71. The highest BCUT2D eigenvalue weighted by molar-refractivity contribution is 5.84. The van der Waals surface area contributed by atoms with E-state index in [0.29, 0.717) is 23.4 Å². The van der Waals surface area contributed by atoms with E-state index in [0.717, 1.165) is 5.56 Å². The molecule has 1 saturated carbocycles. The van der Waals surface area contributed by atoms with Crippen molar-refractivity contribution < 1.29 is 25.2 Å². The minimum atomic E-state index is -1.63. The molecule has 1 aliphatic rings. The topological polar surface area (TPSA) is 215 Å². The lowest BCUT2D eigenvalue weighted by Gasteiger charge is -2.25. The summed E-state index contributed by atoms with van der Waals surface area (Å²) in [5.41, 5.74) is 13.0. The molecule has 3 aromatic heterocycles. The maximum absolute atomic E-state index is 11.6. The average molecular weight is 524 g/mol. The van der Waals surface area contributed by atoms with Crippen LogP contribution in [-0.4, -0.2) is 87.2 Å². The van der Waals surface area contributed by atoms with Crippen LogP contribution in [0.25, 0.3) is 17.1 Å². The number of hydrogen-bond acceptors (Lipinski definition) is 11.